The maximum atomic E-state index is 12.3. The maximum absolute atomic E-state index is 12.3. The van der Waals surface area contributed by atoms with Crippen LogP contribution < -0.4 is 11.0 Å². The highest BCUT2D eigenvalue weighted by molar-refractivity contribution is 7.12. The van der Waals surface area contributed by atoms with Crippen LogP contribution in [-0.4, -0.2) is 26.3 Å². The average Bonchev–Trinajstić information content (AvgIpc) is 3.01. The zero-order valence-electron chi connectivity index (χ0n) is 12.9. The number of aryl methyl sites for hydroxylation is 2. The maximum Gasteiger partial charge on any atom is 0.345 e. The summed E-state index contributed by atoms with van der Waals surface area (Å²) in [5.74, 6) is 0.673. The minimum Gasteiger partial charge on any atom is -0.348 e. The van der Waals surface area contributed by atoms with Crippen LogP contribution in [0.2, 0.25) is 5.02 Å². The standard InChI is InChI=1S/C15H19ClN4O2S/c1-2-7-20-15(22)19-8-5-10(3-4-12(19)18-20)17-14(21)13-11(16)6-9-23-13/h6,9-10H,2-5,7-8H2,1H3,(H,17,21). The van der Waals surface area contributed by atoms with E-state index >= 15 is 0 Å². The highest BCUT2D eigenvalue weighted by atomic mass is 35.5. The molecular formula is C15H19ClN4O2S. The zero-order valence-corrected chi connectivity index (χ0v) is 14.5. The second-order valence-electron chi connectivity index (χ2n) is 5.67. The molecule has 2 aromatic heterocycles. The summed E-state index contributed by atoms with van der Waals surface area (Å²) in [7, 11) is 0. The number of fused-ring (bicyclic) bond motifs is 1. The number of thiophene rings is 1. The number of rotatable bonds is 4. The Hall–Kier alpha value is -1.60. The summed E-state index contributed by atoms with van der Waals surface area (Å²) in [5.41, 5.74) is -0.0462. The van der Waals surface area contributed by atoms with Gasteiger partial charge in [0.2, 0.25) is 0 Å². The van der Waals surface area contributed by atoms with Crippen LogP contribution >= 0.6 is 22.9 Å². The molecule has 0 bridgehead atoms. The number of halogens is 1. The summed E-state index contributed by atoms with van der Waals surface area (Å²) in [5, 5.41) is 9.72. The molecule has 0 aromatic carbocycles. The first-order valence-electron chi connectivity index (χ1n) is 7.80. The summed E-state index contributed by atoms with van der Waals surface area (Å²) in [6, 6.07) is 1.75. The number of carbonyl (C=O) groups excluding carboxylic acids is 1. The Morgan fingerprint density at radius 3 is 3.04 bits per heavy atom. The number of aromatic nitrogens is 3. The largest absolute Gasteiger partial charge is 0.348 e. The second kappa shape index (κ2) is 6.88. The van der Waals surface area contributed by atoms with Crippen LogP contribution in [0.1, 0.15) is 41.7 Å². The number of nitrogens with zero attached hydrogens (tertiary/aromatic N) is 3. The summed E-state index contributed by atoms with van der Waals surface area (Å²) >= 11 is 7.33. The van der Waals surface area contributed by atoms with Crippen LogP contribution in [-0.2, 0) is 19.5 Å². The van der Waals surface area contributed by atoms with Crippen LogP contribution in [0.25, 0.3) is 0 Å². The predicted octanol–water partition coefficient (Wildman–Crippen LogP) is 2.30. The monoisotopic (exact) mass is 354 g/mol. The Morgan fingerprint density at radius 1 is 1.52 bits per heavy atom. The van der Waals surface area contributed by atoms with Crippen molar-refractivity contribution in [2.75, 3.05) is 0 Å². The molecule has 8 heteroatoms. The van der Waals surface area contributed by atoms with Crippen LogP contribution in [0, 0.1) is 0 Å². The summed E-state index contributed by atoms with van der Waals surface area (Å²) < 4.78 is 3.28. The first-order valence-corrected chi connectivity index (χ1v) is 9.06. The summed E-state index contributed by atoms with van der Waals surface area (Å²) in [6.45, 7) is 3.26. The third kappa shape index (κ3) is 3.35. The van der Waals surface area contributed by atoms with Crippen molar-refractivity contribution in [3.8, 4) is 0 Å². The summed E-state index contributed by atoms with van der Waals surface area (Å²) in [4.78, 5) is 25.1. The number of hydrogen-bond acceptors (Lipinski definition) is 4. The SMILES string of the molecule is CCCn1nc2n(c1=O)CCC(NC(=O)c1sccc1Cl)CC2. The van der Waals surface area contributed by atoms with Crippen molar-refractivity contribution >= 4 is 28.8 Å². The molecule has 0 radical (unpaired) electrons. The van der Waals surface area contributed by atoms with Gasteiger partial charge in [0.1, 0.15) is 10.7 Å². The topological polar surface area (TPSA) is 68.9 Å². The second-order valence-corrected chi connectivity index (χ2v) is 6.99. The molecule has 3 heterocycles. The minimum atomic E-state index is -0.141. The minimum absolute atomic E-state index is 0.0291. The van der Waals surface area contributed by atoms with E-state index in [1.165, 1.54) is 11.3 Å². The van der Waals surface area contributed by atoms with Crippen molar-refractivity contribution in [2.24, 2.45) is 0 Å². The molecule has 3 rings (SSSR count). The van der Waals surface area contributed by atoms with Gasteiger partial charge >= 0.3 is 5.69 Å². The third-order valence-corrected chi connectivity index (χ3v) is 5.35. The Balaban J connectivity index is 1.67. The van der Waals surface area contributed by atoms with Crippen molar-refractivity contribution in [1.29, 1.82) is 0 Å². The lowest BCUT2D eigenvalue weighted by Crippen LogP contribution is -2.35. The predicted molar refractivity (Wildman–Crippen MR) is 90.3 cm³/mol. The smallest absolute Gasteiger partial charge is 0.345 e. The molecule has 1 aliphatic heterocycles. The van der Waals surface area contributed by atoms with E-state index in [0.717, 1.165) is 25.1 Å². The molecule has 1 atom stereocenters. The van der Waals surface area contributed by atoms with Crippen molar-refractivity contribution in [1.82, 2.24) is 19.7 Å². The van der Waals surface area contributed by atoms with E-state index in [2.05, 4.69) is 10.4 Å². The van der Waals surface area contributed by atoms with Crippen LogP contribution in [0.3, 0.4) is 0 Å². The Morgan fingerprint density at radius 2 is 2.35 bits per heavy atom. The Kier molecular flexibility index (Phi) is 4.87. The highest BCUT2D eigenvalue weighted by Crippen LogP contribution is 2.22. The van der Waals surface area contributed by atoms with Gasteiger partial charge in [-0.15, -0.1) is 11.3 Å². The van der Waals surface area contributed by atoms with Gasteiger partial charge in [0.05, 0.1) is 5.02 Å². The van der Waals surface area contributed by atoms with Gasteiger partial charge < -0.3 is 5.32 Å². The molecule has 0 saturated heterocycles. The van der Waals surface area contributed by atoms with E-state index in [4.69, 9.17) is 11.6 Å². The number of amides is 1. The number of hydrogen-bond donors (Lipinski definition) is 1. The fourth-order valence-electron chi connectivity index (χ4n) is 2.84. The van der Waals surface area contributed by atoms with Crippen molar-refractivity contribution < 1.29 is 4.79 Å². The lowest BCUT2D eigenvalue weighted by Gasteiger charge is -2.15. The molecule has 0 aliphatic carbocycles. The highest BCUT2D eigenvalue weighted by Gasteiger charge is 2.23. The van der Waals surface area contributed by atoms with Gasteiger partial charge in [0.15, 0.2) is 0 Å². The molecule has 0 fully saturated rings. The quantitative estimate of drug-likeness (QED) is 0.916. The fraction of sp³-hybridized carbons (Fsp3) is 0.533. The van der Waals surface area contributed by atoms with E-state index in [9.17, 15) is 9.59 Å². The molecule has 23 heavy (non-hydrogen) atoms. The molecule has 1 aliphatic rings. The lowest BCUT2D eigenvalue weighted by atomic mass is 10.1. The molecule has 124 valence electrons. The zero-order chi connectivity index (χ0) is 16.4. The van der Waals surface area contributed by atoms with Gasteiger partial charge in [0, 0.05) is 25.6 Å². The molecule has 1 N–H and O–H groups in total. The lowest BCUT2D eigenvalue weighted by molar-refractivity contribution is 0.0937. The van der Waals surface area contributed by atoms with Crippen molar-refractivity contribution in [2.45, 2.75) is 51.7 Å². The molecule has 6 nitrogen and oxygen atoms in total. The van der Waals surface area contributed by atoms with Gasteiger partial charge in [-0.25, -0.2) is 9.48 Å². The van der Waals surface area contributed by atoms with Crippen LogP contribution in [0.5, 0.6) is 0 Å². The van der Waals surface area contributed by atoms with E-state index < -0.39 is 0 Å². The Labute approximate surface area is 143 Å². The number of nitrogens with one attached hydrogen (secondary N) is 1. The summed E-state index contributed by atoms with van der Waals surface area (Å²) in [6.07, 6.45) is 3.07. The Bertz CT molecular complexity index is 764. The molecule has 0 spiro atoms. The first kappa shape index (κ1) is 16.3. The van der Waals surface area contributed by atoms with Gasteiger partial charge in [0.25, 0.3) is 5.91 Å². The normalized spacial score (nSPS) is 17.6. The van der Waals surface area contributed by atoms with Gasteiger partial charge in [-0.3, -0.25) is 9.36 Å². The fourth-order valence-corrected chi connectivity index (χ4v) is 3.88. The molecular weight excluding hydrogens is 336 g/mol. The van der Waals surface area contributed by atoms with Crippen molar-refractivity contribution in [3.63, 3.8) is 0 Å². The molecule has 0 saturated carbocycles. The van der Waals surface area contributed by atoms with Crippen molar-refractivity contribution in [3.05, 3.63) is 37.7 Å². The molecule has 1 unspecified atom stereocenters. The van der Waals surface area contributed by atoms with Crippen LogP contribution in [0.4, 0.5) is 0 Å². The van der Waals surface area contributed by atoms with E-state index in [-0.39, 0.29) is 17.6 Å². The van der Waals surface area contributed by atoms with Gasteiger partial charge in [-0.05, 0) is 30.7 Å². The third-order valence-electron chi connectivity index (χ3n) is 4.01. The van der Waals surface area contributed by atoms with Crippen LogP contribution in [0.15, 0.2) is 16.2 Å². The first-order chi connectivity index (χ1) is 11.1. The van der Waals surface area contributed by atoms with Gasteiger partial charge in [-0.1, -0.05) is 18.5 Å². The average molecular weight is 355 g/mol. The van der Waals surface area contributed by atoms with E-state index in [1.54, 1.807) is 20.7 Å². The van der Waals surface area contributed by atoms with Gasteiger partial charge in [-0.2, -0.15) is 5.10 Å². The van der Waals surface area contributed by atoms with E-state index in [1.807, 2.05) is 6.92 Å². The van der Waals surface area contributed by atoms with E-state index in [0.29, 0.717) is 29.4 Å². The molecule has 1 amide bonds. The number of carbonyl (C=O) groups is 1. The molecule has 2 aromatic rings.